The summed E-state index contributed by atoms with van der Waals surface area (Å²) in [6, 6.07) is 6.94. The van der Waals surface area contributed by atoms with Gasteiger partial charge in [-0.1, -0.05) is 18.2 Å². The lowest BCUT2D eigenvalue weighted by molar-refractivity contribution is 0.445. The third-order valence-electron chi connectivity index (χ3n) is 3.38. The van der Waals surface area contributed by atoms with Crippen LogP contribution in [0, 0.1) is 0 Å². The predicted octanol–water partition coefficient (Wildman–Crippen LogP) is 4.21. The minimum Gasteiger partial charge on any atom is -0.308 e. The van der Waals surface area contributed by atoms with Gasteiger partial charge in [0.05, 0.1) is 0 Å². The molecule has 0 amide bonds. The van der Waals surface area contributed by atoms with Gasteiger partial charge < -0.3 is 5.32 Å². The molecule has 0 aliphatic heterocycles. The SMILES string of the molecule is C=C(CNC(C)(C)C)CSc1ccc2c(c1)CCC2. The Balaban J connectivity index is 1.81. The van der Waals surface area contributed by atoms with E-state index in [-0.39, 0.29) is 5.54 Å². The first-order valence-corrected chi connectivity index (χ1v) is 8.09. The molecule has 1 nitrogen and oxygen atoms in total. The van der Waals surface area contributed by atoms with Crippen LogP contribution in [0.1, 0.15) is 38.3 Å². The van der Waals surface area contributed by atoms with Crippen molar-refractivity contribution in [3.05, 3.63) is 41.5 Å². The van der Waals surface area contributed by atoms with Gasteiger partial charge in [-0.05, 0) is 63.3 Å². The summed E-state index contributed by atoms with van der Waals surface area (Å²) in [4.78, 5) is 1.39. The topological polar surface area (TPSA) is 12.0 Å². The third-order valence-corrected chi connectivity index (χ3v) is 4.52. The Morgan fingerprint density at radius 3 is 2.74 bits per heavy atom. The van der Waals surface area contributed by atoms with Gasteiger partial charge in [-0.2, -0.15) is 0 Å². The molecular formula is C17H25NS. The van der Waals surface area contributed by atoms with E-state index in [2.05, 4.69) is 50.9 Å². The van der Waals surface area contributed by atoms with E-state index in [1.165, 1.54) is 29.7 Å². The third kappa shape index (κ3) is 4.70. The normalized spacial score (nSPS) is 14.5. The Labute approximate surface area is 121 Å². The minimum absolute atomic E-state index is 0.168. The molecule has 0 fully saturated rings. The predicted molar refractivity (Wildman–Crippen MR) is 86.1 cm³/mol. The number of rotatable bonds is 5. The zero-order valence-electron chi connectivity index (χ0n) is 12.4. The van der Waals surface area contributed by atoms with Crippen molar-refractivity contribution >= 4 is 11.8 Å². The van der Waals surface area contributed by atoms with Crippen LogP contribution >= 0.6 is 11.8 Å². The molecule has 104 valence electrons. The number of nitrogens with one attached hydrogen (secondary N) is 1. The van der Waals surface area contributed by atoms with Gasteiger partial charge in [-0.15, -0.1) is 11.8 Å². The molecule has 0 bridgehead atoms. The summed E-state index contributed by atoms with van der Waals surface area (Å²) >= 11 is 1.91. The molecular weight excluding hydrogens is 250 g/mol. The second-order valence-electron chi connectivity index (χ2n) is 6.43. The molecule has 1 N–H and O–H groups in total. The summed E-state index contributed by atoms with van der Waals surface area (Å²) in [7, 11) is 0. The Bertz CT molecular complexity index is 457. The quantitative estimate of drug-likeness (QED) is 0.638. The average molecular weight is 275 g/mol. The van der Waals surface area contributed by atoms with Crippen molar-refractivity contribution in [2.45, 2.75) is 50.5 Å². The maximum absolute atomic E-state index is 4.16. The smallest absolute Gasteiger partial charge is 0.0200 e. The van der Waals surface area contributed by atoms with E-state index in [4.69, 9.17) is 0 Å². The molecule has 0 heterocycles. The van der Waals surface area contributed by atoms with Crippen LogP contribution in [0.5, 0.6) is 0 Å². The summed E-state index contributed by atoms with van der Waals surface area (Å²) in [5.41, 5.74) is 4.54. The van der Waals surface area contributed by atoms with Crippen LogP contribution in [0.3, 0.4) is 0 Å². The summed E-state index contributed by atoms with van der Waals surface area (Å²) < 4.78 is 0. The van der Waals surface area contributed by atoms with Crippen LogP contribution in [0.25, 0.3) is 0 Å². The molecule has 19 heavy (non-hydrogen) atoms. The van der Waals surface area contributed by atoms with E-state index in [9.17, 15) is 0 Å². The summed E-state index contributed by atoms with van der Waals surface area (Å²) in [5, 5.41) is 3.49. The number of aryl methyl sites for hydroxylation is 2. The van der Waals surface area contributed by atoms with Crippen LogP contribution in [0.4, 0.5) is 0 Å². The van der Waals surface area contributed by atoms with Gasteiger partial charge in [0.1, 0.15) is 0 Å². The largest absolute Gasteiger partial charge is 0.308 e. The van der Waals surface area contributed by atoms with Crippen molar-refractivity contribution in [3.8, 4) is 0 Å². The molecule has 1 aromatic carbocycles. The van der Waals surface area contributed by atoms with E-state index in [1.54, 1.807) is 11.1 Å². The number of benzene rings is 1. The Hall–Kier alpha value is -0.730. The first-order valence-electron chi connectivity index (χ1n) is 7.10. The first kappa shape index (κ1) is 14.7. The molecule has 0 radical (unpaired) electrons. The van der Waals surface area contributed by atoms with Crippen molar-refractivity contribution < 1.29 is 0 Å². The molecule has 0 saturated heterocycles. The number of hydrogen-bond acceptors (Lipinski definition) is 2. The lowest BCUT2D eigenvalue weighted by atomic mass is 10.1. The van der Waals surface area contributed by atoms with Gasteiger partial charge in [-0.25, -0.2) is 0 Å². The zero-order chi connectivity index (χ0) is 13.9. The van der Waals surface area contributed by atoms with Gasteiger partial charge in [0.2, 0.25) is 0 Å². The fraction of sp³-hybridized carbons (Fsp3) is 0.529. The molecule has 0 unspecified atom stereocenters. The van der Waals surface area contributed by atoms with Crippen LogP contribution in [0.2, 0.25) is 0 Å². The van der Waals surface area contributed by atoms with Gasteiger partial charge in [0.25, 0.3) is 0 Å². The van der Waals surface area contributed by atoms with Crippen LogP contribution < -0.4 is 5.32 Å². The molecule has 1 aliphatic carbocycles. The highest BCUT2D eigenvalue weighted by atomic mass is 32.2. The standard InChI is InChI=1S/C17H25NS/c1-13(11-18-17(2,3)4)12-19-16-9-8-14-6-5-7-15(14)10-16/h8-10,18H,1,5-7,11-12H2,2-4H3. The first-order chi connectivity index (χ1) is 8.94. The number of thioether (sulfide) groups is 1. The van der Waals surface area contributed by atoms with Crippen LogP contribution in [-0.4, -0.2) is 17.8 Å². The Morgan fingerprint density at radius 1 is 1.26 bits per heavy atom. The summed E-state index contributed by atoms with van der Waals surface area (Å²) in [6.07, 6.45) is 3.85. The van der Waals surface area contributed by atoms with E-state index in [1.807, 2.05) is 11.8 Å². The molecule has 0 saturated carbocycles. The van der Waals surface area contributed by atoms with Crippen LogP contribution in [-0.2, 0) is 12.8 Å². The molecule has 1 aliphatic rings. The van der Waals surface area contributed by atoms with Crippen molar-refractivity contribution in [1.82, 2.24) is 5.32 Å². The second-order valence-corrected chi connectivity index (χ2v) is 7.48. The highest BCUT2D eigenvalue weighted by Crippen LogP contribution is 2.28. The van der Waals surface area contributed by atoms with E-state index in [0.717, 1.165) is 12.3 Å². The highest BCUT2D eigenvalue weighted by Gasteiger charge is 2.11. The molecule has 2 heteroatoms. The van der Waals surface area contributed by atoms with E-state index >= 15 is 0 Å². The fourth-order valence-corrected chi connectivity index (χ4v) is 3.13. The number of fused-ring (bicyclic) bond motifs is 1. The minimum atomic E-state index is 0.168. The molecule has 2 rings (SSSR count). The highest BCUT2D eigenvalue weighted by molar-refractivity contribution is 7.99. The van der Waals surface area contributed by atoms with Crippen molar-refractivity contribution in [2.24, 2.45) is 0 Å². The molecule has 0 atom stereocenters. The number of hydrogen-bond donors (Lipinski definition) is 1. The van der Waals surface area contributed by atoms with Gasteiger partial charge in [0, 0.05) is 22.7 Å². The second kappa shape index (κ2) is 6.15. The van der Waals surface area contributed by atoms with Crippen molar-refractivity contribution in [3.63, 3.8) is 0 Å². The molecule has 1 aromatic rings. The maximum Gasteiger partial charge on any atom is 0.0200 e. The Morgan fingerprint density at radius 2 is 2.00 bits per heavy atom. The fourth-order valence-electron chi connectivity index (χ4n) is 2.26. The maximum atomic E-state index is 4.16. The molecule has 0 aromatic heterocycles. The molecule has 0 spiro atoms. The Kier molecular flexibility index (Phi) is 4.75. The lowest BCUT2D eigenvalue weighted by Gasteiger charge is -2.21. The van der Waals surface area contributed by atoms with E-state index in [0.29, 0.717) is 0 Å². The monoisotopic (exact) mass is 275 g/mol. The van der Waals surface area contributed by atoms with Gasteiger partial charge in [0.15, 0.2) is 0 Å². The van der Waals surface area contributed by atoms with Gasteiger partial charge in [-0.3, -0.25) is 0 Å². The van der Waals surface area contributed by atoms with Gasteiger partial charge >= 0.3 is 0 Å². The summed E-state index contributed by atoms with van der Waals surface area (Å²) in [6.45, 7) is 11.6. The summed E-state index contributed by atoms with van der Waals surface area (Å²) in [5.74, 6) is 1.00. The average Bonchev–Trinajstić information content (AvgIpc) is 2.80. The van der Waals surface area contributed by atoms with Crippen molar-refractivity contribution in [1.29, 1.82) is 0 Å². The van der Waals surface area contributed by atoms with Crippen molar-refractivity contribution in [2.75, 3.05) is 12.3 Å². The van der Waals surface area contributed by atoms with Crippen LogP contribution in [0.15, 0.2) is 35.2 Å². The van der Waals surface area contributed by atoms with E-state index < -0.39 is 0 Å². The zero-order valence-corrected chi connectivity index (χ0v) is 13.2. The lowest BCUT2D eigenvalue weighted by Crippen LogP contribution is -2.37.